The molecule has 1 aliphatic rings. The zero-order chi connectivity index (χ0) is 18.2. The maximum absolute atomic E-state index is 12.3. The molecule has 8 nitrogen and oxygen atoms in total. The van der Waals surface area contributed by atoms with Crippen molar-refractivity contribution in [1.29, 1.82) is 0 Å². The summed E-state index contributed by atoms with van der Waals surface area (Å²) in [5, 5.41) is 22.7. The molecule has 1 atom stereocenters. The van der Waals surface area contributed by atoms with Crippen molar-refractivity contribution in [2.24, 2.45) is 5.92 Å². The van der Waals surface area contributed by atoms with E-state index in [-0.39, 0.29) is 30.4 Å². The van der Waals surface area contributed by atoms with Crippen LogP contribution >= 0.6 is 0 Å². The predicted molar refractivity (Wildman–Crippen MR) is 92.4 cm³/mol. The van der Waals surface area contributed by atoms with Crippen LogP contribution in [0.1, 0.15) is 32.1 Å². The number of nitrogens with one attached hydrogen (secondary N) is 1. The molecule has 136 valence electrons. The standard InChI is InChI=1S/C17H23N3O5/c21-16(19-11-3-4-13(12-19)7-8-17(22)23)9-10-18-14-5-1-2-6-15(14)20(24)25/h1-2,5-6,13,18H,3-4,7-12H2,(H,22,23). The molecule has 1 aromatic carbocycles. The molecule has 0 aliphatic carbocycles. The summed E-state index contributed by atoms with van der Waals surface area (Å²) in [6.07, 6.45) is 2.80. The van der Waals surface area contributed by atoms with Crippen LogP contribution in [-0.4, -0.2) is 46.4 Å². The Morgan fingerprint density at radius 2 is 2.08 bits per heavy atom. The fourth-order valence-corrected chi connectivity index (χ4v) is 3.10. The SMILES string of the molecule is O=C(O)CCC1CCCN(C(=O)CCNc2ccccc2[N+](=O)[O-])C1. The van der Waals surface area contributed by atoms with Crippen molar-refractivity contribution in [3.63, 3.8) is 0 Å². The van der Waals surface area contributed by atoms with Crippen LogP contribution in [0.15, 0.2) is 24.3 Å². The highest BCUT2D eigenvalue weighted by molar-refractivity contribution is 5.77. The second-order valence-corrected chi connectivity index (χ2v) is 6.23. The highest BCUT2D eigenvalue weighted by atomic mass is 16.6. The first-order valence-electron chi connectivity index (χ1n) is 8.44. The van der Waals surface area contributed by atoms with Gasteiger partial charge in [0.25, 0.3) is 5.69 Å². The zero-order valence-electron chi connectivity index (χ0n) is 14.0. The van der Waals surface area contributed by atoms with Crippen LogP contribution in [0, 0.1) is 16.0 Å². The van der Waals surface area contributed by atoms with E-state index in [4.69, 9.17) is 5.11 Å². The number of nitro benzene ring substituents is 1. The lowest BCUT2D eigenvalue weighted by Gasteiger charge is -2.32. The topological polar surface area (TPSA) is 113 Å². The Balaban J connectivity index is 1.80. The molecule has 8 heteroatoms. The lowest BCUT2D eigenvalue weighted by Crippen LogP contribution is -2.40. The lowest BCUT2D eigenvalue weighted by atomic mass is 9.93. The molecular weight excluding hydrogens is 326 g/mol. The molecule has 0 aromatic heterocycles. The fraction of sp³-hybridized carbons (Fsp3) is 0.529. The quantitative estimate of drug-likeness (QED) is 0.551. The van der Waals surface area contributed by atoms with E-state index in [1.54, 1.807) is 23.1 Å². The van der Waals surface area contributed by atoms with Crippen molar-refractivity contribution in [2.75, 3.05) is 25.0 Å². The van der Waals surface area contributed by atoms with Gasteiger partial charge in [-0.2, -0.15) is 0 Å². The number of nitro groups is 1. The highest BCUT2D eigenvalue weighted by Gasteiger charge is 2.23. The molecule has 1 unspecified atom stereocenters. The van der Waals surface area contributed by atoms with Gasteiger partial charge in [-0.25, -0.2) is 0 Å². The molecule has 1 aliphatic heterocycles. The summed E-state index contributed by atoms with van der Waals surface area (Å²) in [6.45, 7) is 1.60. The summed E-state index contributed by atoms with van der Waals surface area (Å²) in [5.41, 5.74) is 0.389. The van der Waals surface area contributed by atoms with Gasteiger partial charge in [-0.15, -0.1) is 0 Å². The molecule has 1 saturated heterocycles. The van der Waals surface area contributed by atoms with Crippen LogP contribution in [0.4, 0.5) is 11.4 Å². The van der Waals surface area contributed by atoms with Crippen LogP contribution in [-0.2, 0) is 9.59 Å². The second kappa shape index (κ2) is 9.00. The van der Waals surface area contributed by atoms with Gasteiger partial charge in [0.15, 0.2) is 0 Å². The molecule has 2 N–H and O–H groups in total. The van der Waals surface area contributed by atoms with Crippen molar-refractivity contribution in [2.45, 2.75) is 32.1 Å². The van der Waals surface area contributed by atoms with E-state index in [1.807, 2.05) is 0 Å². The minimum Gasteiger partial charge on any atom is -0.481 e. The molecule has 25 heavy (non-hydrogen) atoms. The van der Waals surface area contributed by atoms with E-state index in [1.165, 1.54) is 6.07 Å². The van der Waals surface area contributed by atoms with Gasteiger partial charge in [-0.3, -0.25) is 19.7 Å². The van der Waals surface area contributed by atoms with Crippen LogP contribution in [0.25, 0.3) is 0 Å². The maximum Gasteiger partial charge on any atom is 0.303 e. The van der Waals surface area contributed by atoms with Crippen LogP contribution < -0.4 is 5.32 Å². The summed E-state index contributed by atoms with van der Waals surface area (Å²) in [6, 6.07) is 6.33. The number of amides is 1. The Kier molecular flexibility index (Phi) is 6.73. The first-order chi connectivity index (χ1) is 12.0. The summed E-state index contributed by atoms with van der Waals surface area (Å²) < 4.78 is 0. The number of piperidine rings is 1. The summed E-state index contributed by atoms with van der Waals surface area (Å²) in [4.78, 5) is 35.3. The largest absolute Gasteiger partial charge is 0.481 e. The average molecular weight is 349 g/mol. The number of anilines is 1. The number of carbonyl (C=O) groups excluding carboxylic acids is 1. The third-order valence-electron chi connectivity index (χ3n) is 4.39. The highest BCUT2D eigenvalue weighted by Crippen LogP contribution is 2.24. The fourth-order valence-electron chi connectivity index (χ4n) is 3.10. The summed E-state index contributed by atoms with van der Waals surface area (Å²) in [7, 11) is 0. The van der Waals surface area contributed by atoms with Gasteiger partial charge in [-0.1, -0.05) is 12.1 Å². The molecule has 0 bridgehead atoms. The van der Waals surface area contributed by atoms with E-state index in [2.05, 4.69) is 5.32 Å². The number of carboxylic acids is 1. The number of benzene rings is 1. The Morgan fingerprint density at radius 3 is 2.80 bits per heavy atom. The van der Waals surface area contributed by atoms with Gasteiger partial charge in [0.1, 0.15) is 5.69 Å². The molecular formula is C17H23N3O5. The van der Waals surface area contributed by atoms with Crippen molar-refractivity contribution in [1.82, 2.24) is 4.90 Å². The van der Waals surface area contributed by atoms with Gasteiger partial charge in [0.2, 0.25) is 5.91 Å². The van der Waals surface area contributed by atoms with Gasteiger partial charge < -0.3 is 15.3 Å². The number of aliphatic carboxylic acids is 1. The summed E-state index contributed by atoms with van der Waals surface area (Å²) in [5.74, 6) is -0.583. The van der Waals surface area contributed by atoms with Crippen molar-refractivity contribution in [3.05, 3.63) is 34.4 Å². The minimum atomic E-state index is -0.808. The first kappa shape index (κ1) is 18.7. The molecule has 1 fully saturated rings. The number of para-hydroxylation sites is 2. The first-order valence-corrected chi connectivity index (χ1v) is 8.44. The number of nitrogens with zero attached hydrogens (tertiary/aromatic N) is 2. The van der Waals surface area contributed by atoms with Crippen molar-refractivity contribution < 1.29 is 19.6 Å². The number of hydrogen-bond acceptors (Lipinski definition) is 5. The van der Waals surface area contributed by atoms with E-state index in [0.29, 0.717) is 31.7 Å². The smallest absolute Gasteiger partial charge is 0.303 e. The number of carbonyl (C=O) groups is 2. The molecule has 0 saturated carbocycles. The molecule has 2 rings (SSSR count). The van der Waals surface area contributed by atoms with Gasteiger partial charge in [0, 0.05) is 38.5 Å². The zero-order valence-corrected chi connectivity index (χ0v) is 14.0. The monoisotopic (exact) mass is 349 g/mol. The predicted octanol–water partition coefficient (Wildman–Crippen LogP) is 2.50. The Labute approximate surface area is 146 Å². The van der Waals surface area contributed by atoms with E-state index < -0.39 is 10.9 Å². The van der Waals surface area contributed by atoms with Crippen LogP contribution in [0.5, 0.6) is 0 Å². The Bertz CT molecular complexity index is 634. The molecule has 1 heterocycles. The minimum absolute atomic E-state index is 0.00823. The molecule has 0 spiro atoms. The number of hydrogen-bond donors (Lipinski definition) is 2. The van der Waals surface area contributed by atoms with Crippen molar-refractivity contribution in [3.8, 4) is 0 Å². The van der Waals surface area contributed by atoms with Crippen LogP contribution in [0.2, 0.25) is 0 Å². The summed E-state index contributed by atoms with van der Waals surface area (Å²) >= 11 is 0. The normalized spacial score (nSPS) is 17.1. The van der Waals surface area contributed by atoms with Crippen LogP contribution in [0.3, 0.4) is 0 Å². The third kappa shape index (κ3) is 5.74. The number of likely N-dealkylation sites (tertiary alicyclic amines) is 1. The molecule has 1 aromatic rings. The Morgan fingerprint density at radius 1 is 1.32 bits per heavy atom. The molecule has 1 amide bonds. The van der Waals surface area contributed by atoms with Gasteiger partial charge in [-0.05, 0) is 31.2 Å². The van der Waals surface area contributed by atoms with Gasteiger partial charge >= 0.3 is 5.97 Å². The van der Waals surface area contributed by atoms with E-state index in [9.17, 15) is 19.7 Å². The maximum atomic E-state index is 12.3. The second-order valence-electron chi connectivity index (χ2n) is 6.23. The van der Waals surface area contributed by atoms with E-state index in [0.717, 1.165) is 12.8 Å². The number of carboxylic acid groups (broad SMARTS) is 1. The molecule has 0 radical (unpaired) electrons. The van der Waals surface area contributed by atoms with Crippen molar-refractivity contribution >= 4 is 23.3 Å². The third-order valence-corrected chi connectivity index (χ3v) is 4.39. The Hall–Kier alpha value is -2.64. The number of rotatable bonds is 8. The van der Waals surface area contributed by atoms with Gasteiger partial charge in [0.05, 0.1) is 4.92 Å². The lowest BCUT2D eigenvalue weighted by molar-refractivity contribution is -0.384. The van der Waals surface area contributed by atoms with E-state index >= 15 is 0 Å². The average Bonchev–Trinajstić information content (AvgIpc) is 2.60.